The minimum atomic E-state index is -4.57. The fourth-order valence-electron chi connectivity index (χ4n) is 3.26. The van der Waals surface area contributed by atoms with Gasteiger partial charge >= 0.3 is 6.18 Å². The highest BCUT2D eigenvalue weighted by atomic mass is 19.4. The molecule has 0 aliphatic carbocycles. The van der Waals surface area contributed by atoms with Crippen molar-refractivity contribution in [3.63, 3.8) is 0 Å². The van der Waals surface area contributed by atoms with E-state index in [9.17, 15) is 27.9 Å². The van der Waals surface area contributed by atoms with Crippen LogP contribution in [-0.2, 0) is 15.8 Å². The van der Waals surface area contributed by atoms with E-state index in [4.69, 9.17) is 5.73 Å². The maximum absolute atomic E-state index is 13.3. The number of nitrogens with two attached hydrogens (primary N) is 1. The molecule has 0 aliphatic heterocycles. The zero-order chi connectivity index (χ0) is 23.6. The quantitative estimate of drug-likeness (QED) is 0.396. The van der Waals surface area contributed by atoms with Gasteiger partial charge in [-0.3, -0.25) is 14.2 Å². The van der Waals surface area contributed by atoms with Crippen molar-refractivity contribution in [2.24, 2.45) is 10.8 Å². The highest BCUT2D eigenvalue weighted by Gasteiger charge is 2.32. The van der Waals surface area contributed by atoms with Gasteiger partial charge in [0, 0.05) is 23.9 Å². The van der Waals surface area contributed by atoms with Crippen LogP contribution in [0.15, 0.2) is 47.6 Å². The molecule has 0 radical (unpaired) electrons. The largest absolute Gasteiger partial charge is 0.494 e. The van der Waals surface area contributed by atoms with Crippen LogP contribution in [0.2, 0.25) is 0 Å². The smallest absolute Gasteiger partial charge is 0.416 e. The summed E-state index contributed by atoms with van der Waals surface area (Å²) in [6, 6.07) is 10.0. The van der Waals surface area contributed by atoms with Gasteiger partial charge < -0.3 is 10.8 Å². The Morgan fingerprint density at radius 2 is 1.78 bits per heavy atom. The van der Waals surface area contributed by atoms with Crippen molar-refractivity contribution in [1.29, 1.82) is 0 Å². The SMILES string of the molecule is C/C(=N/NC(=O)CCC(N)=O)c1c(O)n(-c2ccc(C)cc2)c2cc(C(F)(F)F)ccc12. The summed E-state index contributed by atoms with van der Waals surface area (Å²) in [5.74, 6) is -1.53. The summed E-state index contributed by atoms with van der Waals surface area (Å²) in [6.07, 6.45) is -4.89. The molecule has 0 saturated carbocycles. The molecule has 4 N–H and O–H groups in total. The summed E-state index contributed by atoms with van der Waals surface area (Å²) in [7, 11) is 0. The molecule has 168 valence electrons. The molecule has 32 heavy (non-hydrogen) atoms. The number of nitrogens with zero attached hydrogens (tertiary/aromatic N) is 2. The van der Waals surface area contributed by atoms with Crippen LogP contribution in [0, 0.1) is 6.92 Å². The second kappa shape index (κ2) is 8.74. The van der Waals surface area contributed by atoms with Crippen LogP contribution in [0.5, 0.6) is 5.88 Å². The first-order chi connectivity index (χ1) is 15.0. The molecule has 2 amide bonds. The highest BCUT2D eigenvalue weighted by molar-refractivity contribution is 6.13. The number of alkyl halides is 3. The number of nitrogens with one attached hydrogen (secondary N) is 1. The molecular weight excluding hydrogens is 425 g/mol. The number of aryl methyl sites for hydroxylation is 1. The van der Waals surface area contributed by atoms with Crippen LogP contribution >= 0.6 is 0 Å². The molecule has 0 bridgehead atoms. The maximum Gasteiger partial charge on any atom is 0.416 e. The van der Waals surface area contributed by atoms with Gasteiger partial charge in [0.15, 0.2) is 0 Å². The van der Waals surface area contributed by atoms with Crippen molar-refractivity contribution in [2.75, 3.05) is 0 Å². The molecule has 0 fully saturated rings. The standard InChI is InChI=1S/C22H21F3N4O3/c1-12-3-6-15(7-4-12)29-17-11-14(22(23,24)25)5-8-16(17)20(21(29)32)13(2)27-28-19(31)10-9-18(26)30/h3-8,11,32H,9-10H2,1-2H3,(H2,26,30)(H,28,31)/b27-13-. The third-order valence-electron chi connectivity index (χ3n) is 4.87. The van der Waals surface area contributed by atoms with Crippen molar-refractivity contribution in [3.05, 3.63) is 59.2 Å². The van der Waals surface area contributed by atoms with Gasteiger partial charge in [-0.2, -0.15) is 18.3 Å². The van der Waals surface area contributed by atoms with E-state index in [0.29, 0.717) is 11.1 Å². The van der Waals surface area contributed by atoms with E-state index in [2.05, 4.69) is 10.5 Å². The maximum atomic E-state index is 13.3. The third kappa shape index (κ3) is 4.74. The Labute approximate surface area is 181 Å². The summed E-state index contributed by atoms with van der Waals surface area (Å²) in [5.41, 5.74) is 8.28. The van der Waals surface area contributed by atoms with E-state index < -0.39 is 23.6 Å². The molecule has 3 rings (SSSR count). The lowest BCUT2D eigenvalue weighted by Crippen LogP contribution is -2.21. The van der Waals surface area contributed by atoms with Gasteiger partial charge in [-0.05, 0) is 38.1 Å². The lowest BCUT2D eigenvalue weighted by molar-refractivity contribution is -0.137. The molecule has 0 unspecified atom stereocenters. The van der Waals surface area contributed by atoms with Crippen LogP contribution < -0.4 is 11.2 Å². The number of rotatable bonds is 6. The van der Waals surface area contributed by atoms with Gasteiger partial charge in [-0.25, -0.2) is 5.43 Å². The second-order valence-corrected chi connectivity index (χ2v) is 7.30. The Bertz CT molecular complexity index is 1210. The second-order valence-electron chi connectivity index (χ2n) is 7.30. The molecule has 1 heterocycles. The Balaban J connectivity index is 2.13. The lowest BCUT2D eigenvalue weighted by Gasteiger charge is -2.10. The number of hydrazone groups is 1. The van der Waals surface area contributed by atoms with Gasteiger partial charge in [0.05, 0.1) is 22.4 Å². The number of halogens is 3. The number of primary amides is 1. The van der Waals surface area contributed by atoms with Crippen molar-refractivity contribution in [3.8, 4) is 11.6 Å². The number of aromatic hydroxyl groups is 1. The zero-order valence-electron chi connectivity index (χ0n) is 17.3. The van der Waals surface area contributed by atoms with Crippen molar-refractivity contribution in [1.82, 2.24) is 9.99 Å². The van der Waals surface area contributed by atoms with E-state index in [1.54, 1.807) is 24.3 Å². The molecule has 0 spiro atoms. The van der Waals surface area contributed by atoms with Crippen molar-refractivity contribution < 1.29 is 27.9 Å². The minimum Gasteiger partial charge on any atom is -0.494 e. The number of hydrogen-bond donors (Lipinski definition) is 3. The molecule has 0 atom stereocenters. The monoisotopic (exact) mass is 446 g/mol. The molecule has 7 nitrogen and oxygen atoms in total. The molecule has 1 aromatic heterocycles. The number of hydrogen-bond acceptors (Lipinski definition) is 4. The fraction of sp³-hybridized carbons (Fsp3) is 0.227. The van der Waals surface area contributed by atoms with Crippen LogP contribution in [0.25, 0.3) is 16.6 Å². The first kappa shape index (κ1) is 22.9. The summed E-state index contributed by atoms with van der Waals surface area (Å²) in [5, 5.41) is 15.2. The highest BCUT2D eigenvalue weighted by Crippen LogP contribution is 2.38. The van der Waals surface area contributed by atoms with Gasteiger partial charge in [0.2, 0.25) is 17.7 Å². The minimum absolute atomic E-state index is 0.130. The van der Waals surface area contributed by atoms with Crippen molar-refractivity contribution >= 4 is 28.4 Å². The Kier molecular flexibility index (Phi) is 6.24. The normalized spacial score (nSPS) is 12.2. The van der Waals surface area contributed by atoms with Crippen LogP contribution in [0.3, 0.4) is 0 Å². The lowest BCUT2D eigenvalue weighted by atomic mass is 10.1. The Morgan fingerprint density at radius 3 is 2.38 bits per heavy atom. The van der Waals surface area contributed by atoms with E-state index in [1.807, 2.05) is 6.92 Å². The van der Waals surface area contributed by atoms with Gasteiger partial charge in [0.1, 0.15) is 0 Å². The van der Waals surface area contributed by atoms with E-state index in [0.717, 1.165) is 17.7 Å². The van der Waals surface area contributed by atoms with Crippen LogP contribution in [0.4, 0.5) is 13.2 Å². The van der Waals surface area contributed by atoms with Gasteiger partial charge in [0.25, 0.3) is 0 Å². The Morgan fingerprint density at radius 1 is 1.12 bits per heavy atom. The number of carbonyl (C=O) groups excluding carboxylic acids is 2. The van der Waals surface area contributed by atoms with E-state index in [-0.39, 0.29) is 35.5 Å². The number of carbonyl (C=O) groups is 2. The molecule has 2 aromatic carbocycles. The van der Waals surface area contributed by atoms with Gasteiger partial charge in [-0.1, -0.05) is 23.8 Å². The van der Waals surface area contributed by atoms with E-state index >= 15 is 0 Å². The molecule has 0 aliphatic rings. The Hall–Kier alpha value is -3.82. The third-order valence-corrected chi connectivity index (χ3v) is 4.87. The summed E-state index contributed by atoms with van der Waals surface area (Å²) >= 11 is 0. The number of aromatic nitrogens is 1. The predicted octanol–water partition coefficient (Wildman–Crippen LogP) is 3.77. The fourth-order valence-corrected chi connectivity index (χ4v) is 3.26. The van der Waals surface area contributed by atoms with Crippen molar-refractivity contribution in [2.45, 2.75) is 32.9 Å². The average molecular weight is 446 g/mol. The predicted molar refractivity (Wildman–Crippen MR) is 113 cm³/mol. The summed E-state index contributed by atoms with van der Waals surface area (Å²) < 4.78 is 41.3. The number of amides is 2. The molecule has 0 saturated heterocycles. The first-order valence-corrected chi connectivity index (χ1v) is 9.62. The molecule has 3 aromatic rings. The molecular formula is C22H21F3N4O3. The topological polar surface area (TPSA) is 110 Å². The van der Waals surface area contributed by atoms with Crippen LogP contribution in [-0.4, -0.2) is 27.2 Å². The summed E-state index contributed by atoms with van der Waals surface area (Å²) in [4.78, 5) is 22.6. The number of fused-ring (bicyclic) bond motifs is 1. The first-order valence-electron chi connectivity index (χ1n) is 9.62. The zero-order valence-corrected chi connectivity index (χ0v) is 17.3. The van der Waals surface area contributed by atoms with Crippen LogP contribution in [0.1, 0.15) is 36.5 Å². The average Bonchev–Trinajstić information content (AvgIpc) is 3.01. The van der Waals surface area contributed by atoms with E-state index in [1.165, 1.54) is 17.6 Å². The molecule has 10 heteroatoms. The van der Waals surface area contributed by atoms with Gasteiger partial charge in [-0.15, -0.1) is 0 Å². The summed E-state index contributed by atoms with van der Waals surface area (Å²) in [6.45, 7) is 3.36. The number of benzene rings is 2.